The fourth-order valence-electron chi connectivity index (χ4n) is 1.98. The zero-order chi connectivity index (χ0) is 17.2. The van der Waals surface area contributed by atoms with E-state index in [1.807, 2.05) is 18.2 Å². The summed E-state index contributed by atoms with van der Waals surface area (Å²) in [5, 5.41) is 2.82. The Balaban J connectivity index is 1.72. The molecule has 24 heavy (non-hydrogen) atoms. The van der Waals surface area contributed by atoms with Crippen LogP contribution in [0.5, 0.6) is 5.75 Å². The molecule has 6 heteroatoms. The Morgan fingerprint density at radius 2 is 1.88 bits per heavy atom. The van der Waals surface area contributed by atoms with Gasteiger partial charge in [0.1, 0.15) is 5.75 Å². The molecular formula is C18H20N2O3S. The molecule has 0 aliphatic heterocycles. The summed E-state index contributed by atoms with van der Waals surface area (Å²) >= 11 is 1.74. The summed E-state index contributed by atoms with van der Waals surface area (Å²) in [5.41, 5.74) is 5.67. The van der Waals surface area contributed by atoms with Crippen LogP contribution in [0.2, 0.25) is 0 Å². The lowest BCUT2D eigenvalue weighted by atomic mass is 10.2. The maximum absolute atomic E-state index is 12.0. The van der Waals surface area contributed by atoms with Crippen LogP contribution in [0.1, 0.15) is 12.8 Å². The highest BCUT2D eigenvalue weighted by Gasteiger charge is 2.04. The molecule has 0 saturated carbocycles. The highest BCUT2D eigenvalue weighted by Crippen LogP contribution is 2.20. The first-order valence-corrected chi connectivity index (χ1v) is 8.61. The van der Waals surface area contributed by atoms with Gasteiger partial charge in [-0.15, -0.1) is 11.8 Å². The molecule has 2 amide bonds. The van der Waals surface area contributed by atoms with E-state index in [1.54, 1.807) is 36.0 Å². The SMILES string of the molecule is NC(=O)COc1cccc(NC(=O)CCCSc2ccccc2)c1. The Hall–Kier alpha value is -2.47. The Morgan fingerprint density at radius 1 is 1.08 bits per heavy atom. The maximum atomic E-state index is 12.0. The number of hydrogen-bond donors (Lipinski definition) is 2. The van der Waals surface area contributed by atoms with Gasteiger partial charge in [-0.2, -0.15) is 0 Å². The van der Waals surface area contributed by atoms with Gasteiger partial charge in [0.15, 0.2) is 6.61 Å². The van der Waals surface area contributed by atoms with Crippen molar-refractivity contribution in [2.75, 3.05) is 17.7 Å². The normalized spacial score (nSPS) is 10.2. The molecule has 0 bridgehead atoms. The second kappa shape index (κ2) is 9.62. The molecule has 0 atom stereocenters. The lowest BCUT2D eigenvalue weighted by Gasteiger charge is -2.08. The summed E-state index contributed by atoms with van der Waals surface area (Å²) in [7, 11) is 0. The zero-order valence-electron chi connectivity index (χ0n) is 13.2. The van der Waals surface area contributed by atoms with Crippen molar-refractivity contribution in [1.29, 1.82) is 0 Å². The van der Waals surface area contributed by atoms with Crippen molar-refractivity contribution in [3.63, 3.8) is 0 Å². The van der Waals surface area contributed by atoms with E-state index in [1.165, 1.54) is 4.90 Å². The van der Waals surface area contributed by atoms with Gasteiger partial charge in [0.2, 0.25) is 5.91 Å². The van der Waals surface area contributed by atoms with Gasteiger partial charge in [-0.05, 0) is 36.4 Å². The van der Waals surface area contributed by atoms with Crippen LogP contribution in [0.25, 0.3) is 0 Å². The lowest BCUT2D eigenvalue weighted by Crippen LogP contribution is -2.20. The number of anilines is 1. The molecule has 0 unspecified atom stereocenters. The summed E-state index contributed by atoms with van der Waals surface area (Å²) < 4.78 is 5.21. The van der Waals surface area contributed by atoms with Gasteiger partial charge < -0.3 is 15.8 Å². The molecule has 2 rings (SSSR count). The molecule has 0 saturated heterocycles. The van der Waals surface area contributed by atoms with E-state index in [0.717, 1.165) is 12.2 Å². The average molecular weight is 344 g/mol. The van der Waals surface area contributed by atoms with E-state index in [4.69, 9.17) is 10.5 Å². The predicted molar refractivity (Wildman–Crippen MR) is 96.2 cm³/mol. The van der Waals surface area contributed by atoms with Crippen LogP contribution >= 0.6 is 11.8 Å². The van der Waals surface area contributed by atoms with Crippen molar-refractivity contribution < 1.29 is 14.3 Å². The van der Waals surface area contributed by atoms with Crippen molar-refractivity contribution in [3.05, 3.63) is 54.6 Å². The highest BCUT2D eigenvalue weighted by molar-refractivity contribution is 7.99. The third-order valence-corrected chi connectivity index (χ3v) is 4.16. The van der Waals surface area contributed by atoms with Gasteiger partial charge in [-0.25, -0.2) is 0 Å². The van der Waals surface area contributed by atoms with E-state index in [9.17, 15) is 9.59 Å². The number of amides is 2. The third kappa shape index (κ3) is 6.75. The number of carbonyl (C=O) groups excluding carboxylic acids is 2. The molecule has 0 radical (unpaired) electrons. The monoisotopic (exact) mass is 344 g/mol. The van der Waals surface area contributed by atoms with Crippen molar-refractivity contribution in [2.45, 2.75) is 17.7 Å². The molecule has 5 nitrogen and oxygen atoms in total. The van der Waals surface area contributed by atoms with Crippen LogP contribution in [-0.4, -0.2) is 24.2 Å². The zero-order valence-corrected chi connectivity index (χ0v) is 14.1. The number of nitrogens with one attached hydrogen (secondary N) is 1. The fraction of sp³-hybridized carbons (Fsp3) is 0.222. The Morgan fingerprint density at radius 3 is 2.62 bits per heavy atom. The number of rotatable bonds is 9. The van der Waals surface area contributed by atoms with Gasteiger partial charge >= 0.3 is 0 Å². The summed E-state index contributed by atoms with van der Waals surface area (Å²) in [5.74, 6) is 0.793. The summed E-state index contributed by atoms with van der Waals surface area (Å²) in [6, 6.07) is 17.0. The third-order valence-electron chi connectivity index (χ3n) is 3.06. The van der Waals surface area contributed by atoms with Crippen LogP contribution in [0.4, 0.5) is 5.69 Å². The predicted octanol–water partition coefficient (Wildman–Crippen LogP) is 3.06. The molecule has 126 valence electrons. The first-order chi connectivity index (χ1) is 11.6. The van der Waals surface area contributed by atoms with Crippen LogP contribution < -0.4 is 15.8 Å². The molecule has 2 aromatic rings. The number of thioether (sulfide) groups is 1. The smallest absolute Gasteiger partial charge is 0.255 e. The van der Waals surface area contributed by atoms with Gasteiger partial charge in [-0.1, -0.05) is 24.3 Å². The molecular weight excluding hydrogens is 324 g/mol. The number of carbonyl (C=O) groups is 2. The van der Waals surface area contributed by atoms with Crippen molar-refractivity contribution in [3.8, 4) is 5.75 Å². The molecule has 2 aromatic carbocycles. The first-order valence-electron chi connectivity index (χ1n) is 7.62. The Bertz CT molecular complexity index is 677. The quantitative estimate of drug-likeness (QED) is 0.541. The van der Waals surface area contributed by atoms with Crippen molar-refractivity contribution in [1.82, 2.24) is 0 Å². The average Bonchev–Trinajstić information content (AvgIpc) is 2.58. The van der Waals surface area contributed by atoms with Gasteiger partial charge in [-0.3, -0.25) is 9.59 Å². The van der Waals surface area contributed by atoms with E-state index in [-0.39, 0.29) is 12.5 Å². The molecule has 0 aliphatic carbocycles. The van der Waals surface area contributed by atoms with Gasteiger partial charge in [0.05, 0.1) is 0 Å². The maximum Gasteiger partial charge on any atom is 0.255 e. The topological polar surface area (TPSA) is 81.4 Å². The number of ether oxygens (including phenoxy) is 1. The minimum absolute atomic E-state index is 0.0456. The van der Waals surface area contributed by atoms with Crippen LogP contribution in [0.15, 0.2) is 59.5 Å². The first kappa shape index (κ1) is 17.9. The number of nitrogens with two attached hydrogens (primary N) is 1. The minimum Gasteiger partial charge on any atom is -0.484 e. The van der Waals surface area contributed by atoms with Crippen LogP contribution in [0, 0.1) is 0 Å². The largest absolute Gasteiger partial charge is 0.484 e. The van der Waals surface area contributed by atoms with Crippen LogP contribution in [-0.2, 0) is 9.59 Å². The molecule has 3 N–H and O–H groups in total. The standard InChI is InChI=1S/C18H20N2O3S/c19-17(21)13-23-15-7-4-6-14(12-15)20-18(22)10-5-11-24-16-8-2-1-3-9-16/h1-4,6-9,12H,5,10-11,13H2,(H2,19,21)(H,20,22). The van der Waals surface area contributed by atoms with Gasteiger partial charge in [0.25, 0.3) is 5.91 Å². The van der Waals surface area contributed by atoms with E-state index >= 15 is 0 Å². The number of hydrogen-bond acceptors (Lipinski definition) is 4. The fourth-order valence-corrected chi connectivity index (χ4v) is 2.86. The second-order valence-electron chi connectivity index (χ2n) is 5.10. The molecule has 0 fully saturated rings. The van der Waals surface area contributed by atoms with E-state index in [2.05, 4.69) is 17.4 Å². The summed E-state index contributed by atoms with van der Waals surface area (Å²) in [4.78, 5) is 23.9. The molecule has 0 spiro atoms. The Kier molecular flexibility index (Phi) is 7.17. The minimum atomic E-state index is -0.541. The second-order valence-corrected chi connectivity index (χ2v) is 6.26. The van der Waals surface area contributed by atoms with Crippen molar-refractivity contribution in [2.24, 2.45) is 5.73 Å². The summed E-state index contributed by atoms with van der Waals surface area (Å²) in [6.07, 6.45) is 1.25. The van der Waals surface area contributed by atoms with E-state index in [0.29, 0.717) is 17.9 Å². The van der Waals surface area contributed by atoms with Gasteiger partial charge in [0, 0.05) is 23.1 Å². The molecule has 0 aromatic heterocycles. The summed E-state index contributed by atoms with van der Waals surface area (Å²) in [6.45, 7) is -0.186. The number of benzene rings is 2. The van der Waals surface area contributed by atoms with Crippen LogP contribution in [0.3, 0.4) is 0 Å². The molecule has 0 heterocycles. The van der Waals surface area contributed by atoms with Crippen molar-refractivity contribution >= 4 is 29.3 Å². The lowest BCUT2D eigenvalue weighted by molar-refractivity contribution is -0.120. The van der Waals surface area contributed by atoms with E-state index < -0.39 is 5.91 Å². The Labute approximate surface area is 145 Å². The molecule has 0 aliphatic rings. The highest BCUT2D eigenvalue weighted by atomic mass is 32.2. The number of primary amides is 1.